The Morgan fingerprint density at radius 2 is 1.93 bits per heavy atom. The van der Waals surface area contributed by atoms with Crippen molar-refractivity contribution in [1.82, 2.24) is 5.32 Å². The molecule has 5 nitrogen and oxygen atoms in total. The van der Waals surface area contributed by atoms with Crippen molar-refractivity contribution in [3.05, 3.63) is 59.1 Å². The molecular formula is C21H19ClN2O3. The number of hydrogen-bond donors (Lipinski definition) is 1. The maximum atomic E-state index is 12.3. The van der Waals surface area contributed by atoms with E-state index in [0.29, 0.717) is 11.6 Å². The van der Waals surface area contributed by atoms with E-state index in [0.717, 1.165) is 17.0 Å². The summed E-state index contributed by atoms with van der Waals surface area (Å²) in [4.78, 5) is 26.2. The van der Waals surface area contributed by atoms with E-state index in [1.165, 1.54) is 0 Å². The Kier molecular flexibility index (Phi) is 6.00. The lowest BCUT2D eigenvalue weighted by Gasteiger charge is -2.16. The summed E-state index contributed by atoms with van der Waals surface area (Å²) in [7, 11) is 1.61. The molecule has 0 aliphatic carbocycles. The number of ether oxygens (including phenoxy) is 1. The molecule has 0 aromatic heterocycles. The summed E-state index contributed by atoms with van der Waals surface area (Å²) in [5.41, 5.74) is 1.59. The first-order valence-electron chi connectivity index (χ1n) is 8.53. The van der Waals surface area contributed by atoms with Crippen LogP contribution in [-0.2, 0) is 9.59 Å². The third-order valence-corrected chi connectivity index (χ3v) is 4.56. The van der Waals surface area contributed by atoms with Gasteiger partial charge >= 0.3 is 0 Å². The molecule has 1 fully saturated rings. The van der Waals surface area contributed by atoms with E-state index >= 15 is 0 Å². The molecule has 1 aliphatic heterocycles. The van der Waals surface area contributed by atoms with Crippen molar-refractivity contribution in [2.45, 2.75) is 6.42 Å². The van der Waals surface area contributed by atoms with Gasteiger partial charge < -0.3 is 15.0 Å². The van der Waals surface area contributed by atoms with Crippen LogP contribution in [0.5, 0.6) is 5.75 Å². The minimum Gasteiger partial charge on any atom is -0.497 e. The largest absolute Gasteiger partial charge is 0.497 e. The van der Waals surface area contributed by atoms with Crippen molar-refractivity contribution in [2.75, 3.05) is 25.1 Å². The van der Waals surface area contributed by atoms with E-state index in [9.17, 15) is 9.59 Å². The Bertz CT molecular complexity index is 882. The van der Waals surface area contributed by atoms with Crippen LogP contribution in [0, 0.1) is 17.8 Å². The van der Waals surface area contributed by atoms with Gasteiger partial charge in [-0.3, -0.25) is 9.59 Å². The Balaban J connectivity index is 1.52. The van der Waals surface area contributed by atoms with Crippen LogP contribution in [0.2, 0.25) is 5.02 Å². The number of carbonyl (C=O) groups is 2. The Morgan fingerprint density at radius 1 is 1.22 bits per heavy atom. The van der Waals surface area contributed by atoms with Crippen LogP contribution in [-0.4, -0.2) is 32.0 Å². The van der Waals surface area contributed by atoms with Crippen LogP contribution in [0.25, 0.3) is 0 Å². The van der Waals surface area contributed by atoms with Gasteiger partial charge in [0.25, 0.3) is 0 Å². The standard InChI is InChI=1S/C21H19ClN2O3/c1-27-19-10-4-15(5-11-19)3-2-12-23-21(26)16-13-20(25)24(14-16)18-8-6-17(22)7-9-18/h4-11,16H,12-14H2,1H3,(H,23,26). The molecule has 0 spiro atoms. The summed E-state index contributed by atoms with van der Waals surface area (Å²) >= 11 is 5.88. The molecule has 1 N–H and O–H groups in total. The lowest BCUT2D eigenvalue weighted by Crippen LogP contribution is -2.33. The number of rotatable bonds is 4. The fourth-order valence-electron chi connectivity index (χ4n) is 2.85. The fourth-order valence-corrected chi connectivity index (χ4v) is 2.98. The Labute approximate surface area is 163 Å². The van der Waals surface area contributed by atoms with Crippen LogP contribution in [0.1, 0.15) is 12.0 Å². The van der Waals surface area contributed by atoms with Gasteiger partial charge in [-0.1, -0.05) is 23.4 Å². The first kappa shape index (κ1) is 18.8. The van der Waals surface area contributed by atoms with E-state index in [1.807, 2.05) is 24.3 Å². The zero-order chi connectivity index (χ0) is 19.2. The van der Waals surface area contributed by atoms with Gasteiger partial charge in [0.1, 0.15) is 5.75 Å². The second kappa shape index (κ2) is 8.61. The lowest BCUT2D eigenvalue weighted by molar-refractivity contribution is -0.126. The van der Waals surface area contributed by atoms with Gasteiger partial charge in [0.2, 0.25) is 11.8 Å². The maximum Gasteiger partial charge on any atom is 0.227 e. The summed E-state index contributed by atoms with van der Waals surface area (Å²) in [6.07, 6.45) is 0.195. The average Bonchev–Trinajstić information content (AvgIpc) is 3.08. The highest BCUT2D eigenvalue weighted by Crippen LogP contribution is 2.26. The highest BCUT2D eigenvalue weighted by Gasteiger charge is 2.34. The van der Waals surface area contributed by atoms with Crippen molar-refractivity contribution in [3.63, 3.8) is 0 Å². The van der Waals surface area contributed by atoms with Gasteiger partial charge in [-0.2, -0.15) is 0 Å². The summed E-state index contributed by atoms with van der Waals surface area (Å²) < 4.78 is 5.10. The maximum absolute atomic E-state index is 12.3. The van der Waals surface area contributed by atoms with Crippen molar-refractivity contribution in [1.29, 1.82) is 0 Å². The van der Waals surface area contributed by atoms with Crippen molar-refractivity contribution in [3.8, 4) is 17.6 Å². The first-order chi connectivity index (χ1) is 13.1. The lowest BCUT2D eigenvalue weighted by atomic mass is 10.1. The molecule has 1 heterocycles. The summed E-state index contributed by atoms with van der Waals surface area (Å²) in [5, 5.41) is 3.39. The van der Waals surface area contributed by atoms with Crippen LogP contribution >= 0.6 is 11.6 Å². The van der Waals surface area contributed by atoms with Crippen molar-refractivity contribution < 1.29 is 14.3 Å². The molecule has 3 rings (SSSR count). The number of nitrogens with zero attached hydrogens (tertiary/aromatic N) is 1. The molecule has 27 heavy (non-hydrogen) atoms. The first-order valence-corrected chi connectivity index (χ1v) is 8.91. The van der Waals surface area contributed by atoms with Gasteiger partial charge in [0.05, 0.1) is 19.6 Å². The molecule has 2 amide bonds. The molecule has 0 saturated carbocycles. The highest BCUT2D eigenvalue weighted by molar-refractivity contribution is 6.30. The number of nitrogens with one attached hydrogen (secondary N) is 1. The molecule has 1 unspecified atom stereocenters. The molecule has 138 valence electrons. The third-order valence-electron chi connectivity index (χ3n) is 4.31. The van der Waals surface area contributed by atoms with Gasteiger partial charge in [0.15, 0.2) is 0 Å². The summed E-state index contributed by atoms with van der Waals surface area (Å²) in [5.74, 6) is 6.06. The monoisotopic (exact) mass is 382 g/mol. The van der Waals surface area contributed by atoms with Crippen LogP contribution in [0.15, 0.2) is 48.5 Å². The molecule has 0 radical (unpaired) electrons. The number of amides is 2. The molecule has 1 aliphatic rings. The minimum absolute atomic E-state index is 0.0678. The SMILES string of the molecule is COc1ccc(C#CCNC(=O)C2CC(=O)N(c3ccc(Cl)cc3)C2)cc1. The molecule has 1 atom stereocenters. The molecule has 6 heteroatoms. The second-order valence-corrected chi connectivity index (χ2v) is 6.57. The second-order valence-electron chi connectivity index (χ2n) is 6.13. The molecule has 0 bridgehead atoms. The molecular weight excluding hydrogens is 364 g/mol. The van der Waals surface area contributed by atoms with Crippen molar-refractivity contribution >= 4 is 29.1 Å². The third kappa shape index (κ3) is 4.81. The summed E-state index contributed by atoms with van der Waals surface area (Å²) in [6.45, 7) is 0.592. The van der Waals surface area contributed by atoms with Gasteiger partial charge in [-0.25, -0.2) is 0 Å². The number of hydrogen-bond acceptors (Lipinski definition) is 3. The number of halogens is 1. The predicted octanol–water partition coefficient (Wildman–Crippen LogP) is 2.87. The predicted molar refractivity (Wildman–Crippen MR) is 105 cm³/mol. The number of methoxy groups -OCH3 is 1. The molecule has 2 aromatic rings. The minimum atomic E-state index is -0.379. The topological polar surface area (TPSA) is 58.6 Å². The fraction of sp³-hybridized carbons (Fsp3) is 0.238. The normalized spacial score (nSPS) is 15.9. The van der Waals surface area contributed by atoms with E-state index < -0.39 is 0 Å². The summed E-state index contributed by atoms with van der Waals surface area (Å²) in [6, 6.07) is 14.4. The van der Waals surface area contributed by atoms with Crippen LogP contribution < -0.4 is 15.0 Å². The van der Waals surface area contributed by atoms with Crippen LogP contribution in [0.3, 0.4) is 0 Å². The Hall–Kier alpha value is -2.97. The van der Waals surface area contributed by atoms with E-state index in [4.69, 9.17) is 16.3 Å². The number of anilines is 1. The smallest absolute Gasteiger partial charge is 0.227 e. The van der Waals surface area contributed by atoms with Crippen molar-refractivity contribution in [2.24, 2.45) is 5.92 Å². The van der Waals surface area contributed by atoms with Gasteiger partial charge in [-0.05, 0) is 48.5 Å². The van der Waals surface area contributed by atoms with Gasteiger partial charge in [0, 0.05) is 29.2 Å². The quantitative estimate of drug-likeness (QED) is 0.827. The highest BCUT2D eigenvalue weighted by atomic mass is 35.5. The molecule has 2 aromatic carbocycles. The zero-order valence-corrected chi connectivity index (χ0v) is 15.6. The Morgan fingerprint density at radius 3 is 2.59 bits per heavy atom. The van der Waals surface area contributed by atoms with E-state index in [-0.39, 0.29) is 30.7 Å². The van der Waals surface area contributed by atoms with Gasteiger partial charge in [-0.15, -0.1) is 0 Å². The zero-order valence-electron chi connectivity index (χ0n) is 14.9. The van der Waals surface area contributed by atoms with Crippen LogP contribution in [0.4, 0.5) is 5.69 Å². The average molecular weight is 383 g/mol. The van der Waals surface area contributed by atoms with E-state index in [1.54, 1.807) is 36.3 Å². The molecule has 1 saturated heterocycles. The number of carbonyl (C=O) groups excluding carboxylic acids is 2. The number of benzene rings is 2. The van der Waals surface area contributed by atoms with E-state index in [2.05, 4.69) is 17.2 Å².